The number of likely N-dealkylation sites (N-methyl/N-ethyl adjacent to an activating group) is 1. The van der Waals surface area contributed by atoms with Crippen LogP contribution in [0.2, 0.25) is 0 Å². The van der Waals surface area contributed by atoms with E-state index in [0.717, 1.165) is 148 Å². The summed E-state index contributed by atoms with van der Waals surface area (Å²) in [4.78, 5) is 37.8. The van der Waals surface area contributed by atoms with Crippen molar-refractivity contribution in [1.82, 2.24) is 0 Å². The second kappa shape index (κ2) is 80.1. The number of rotatable bonds is 74. The summed E-state index contributed by atoms with van der Waals surface area (Å²) in [5.41, 5.74) is 0. The highest BCUT2D eigenvalue weighted by molar-refractivity contribution is 5.71. The summed E-state index contributed by atoms with van der Waals surface area (Å²) in [6, 6.07) is 0. The number of carbonyl (C=O) groups excluding carboxylic acids is 2. The van der Waals surface area contributed by atoms with Crippen LogP contribution in [0.5, 0.6) is 0 Å². The number of unbranched alkanes of at least 4 members (excludes halogenated alkanes) is 29. The van der Waals surface area contributed by atoms with Gasteiger partial charge in [0.05, 0.1) is 34.4 Å². The highest BCUT2D eigenvalue weighted by atomic mass is 16.7. The third-order valence-corrected chi connectivity index (χ3v) is 17.2. The van der Waals surface area contributed by atoms with E-state index in [-0.39, 0.29) is 32.2 Å². The topological polar surface area (TPSA) is 108 Å². The van der Waals surface area contributed by atoms with Gasteiger partial charge in [-0.05, 0) is 135 Å². The first-order valence-corrected chi connectivity index (χ1v) is 40.9. The fourth-order valence-corrected chi connectivity index (χ4v) is 11.0. The molecule has 0 amide bonds. The largest absolute Gasteiger partial charge is 0.477 e. The number of allylic oxidation sites excluding steroid dienone is 30. The second-order valence-corrected chi connectivity index (χ2v) is 28.0. The van der Waals surface area contributed by atoms with Crippen LogP contribution in [0.15, 0.2) is 182 Å². The maximum absolute atomic E-state index is 13.0. The molecule has 0 aliphatic carbocycles. The molecule has 0 aliphatic heterocycles. The lowest BCUT2D eigenvalue weighted by Crippen LogP contribution is -2.40. The van der Waals surface area contributed by atoms with Crippen molar-refractivity contribution in [2.75, 3.05) is 47.5 Å². The lowest BCUT2D eigenvalue weighted by molar-refractivity contribution is -0.870. The molecule has 0 saturated heterocycles. The Morgan fingerprint density at radius 2 is 0.535 bits per heavy atom. The molecule has 0 spiro atoms. The van der Waals surface area contributed by atoms with Gasteiger partial charge in [0.25, 0.3) is 6.29 Å². The molecule has 0 aromatic heterocycles. The molecule has 0 bridgehead atoms. The molecular weight excluding hydrogens is 1250 g/mol. The Morgan fingerprint density at radius 1 is 0.297 bits per heavy atom. The number of nitrogens with zero attached hydrogens (tertiary/aromatic N) is 1. The Hall–Kier alpha value is -5.61. The summed E-state index contributed by atoms with van der Waals surface area (Å²) < 4.78 is 23.0. The molecule has 0 aromatic rings. The van der Waals surface area contributed by atoms with Crippen LogP contribution in [-0.4, -0.2) is 87.4 Å². The van der Waals surface area contributed by atoms with Crippen molar-refractivity contribution in [3.63, 3.8) is 0 Å². The normalized spacial score (nSPS) is 13.6. The highest BCUT2D eigenvalue weighted by Gasteiger charge is 2.25. The monoisotopic (exact) mass is 1400 g/mol. The van der Waals surface area contributed by atoms with Gasteiger partial charge in [-0.15, -0.1) is 0 Å². The number of quaternary nitrogens is 1. The number of aliphatic carboxylic acids is 1. The minimum atomic E-state index is -1.53. The van der Waals surface area contributed by atoms with E-state index >= 15 is 0 Å². The molecule has 0 radical (unpaired) electrons. The number of carboxylic acids is 1. The Balaban J connectivity index is 4.11. The molecule has 572 valence electrons. The van der Waals surface area contributed by atoms with E-state index in [0.29, 0.717) is 23.9 Å². The third-order valence-electron chi connectivity index (χ3n) is 17.2. The first-order valence-electron chi connectivity index (χ1n) is 40.9. The molecule has 0 heterocycles. The number of carbonyl (C=O) groups is 3. The minimum Gasteiger partial charge on any atom is -0.477 e. The summed E-state index contributed by atoms with van der Waals surface area (Å²) in [7, 11) is 5.97. The summed E-state index contributed by atoms with van der Waals surface area (Å²) >= 11 is 0. The molecule has 0 aliphatic rings. The van der Waals surface area contributed by atoms with E-state index in [1.807, 2.05) is 21.1 Å². The van der Waals surface area contributed by atoms with Crippen LogP contribution in [0.1, 0.15) is 322 Å². The van der Waals surface area contributed by atoms with Gasteiger partial charge >= 0.3 is 17.9 Å². The average molecular weight is 1400 g/mol. The van der Waals surface area contributed by atoms with Crippen molar-refractivity contribution >= 4 is 17.9 Å². The molecule has 2 unspecified atom stereocenters. The van der Waals surface area contributed by atoms with E-state index in [1.54, 1.807) is 0 Å². The van der Waals surface area contributed by atoms with E-state index < -0.39 is 24.3 Å². The maximum atomic E-state index is 13.0. The van der Waals surface area contributed by atoms with Crippen molar-refractivity contribution in [3.05, 3.63) is 182 Å². The predicted molar refractivity (Wildman–Crippen MR) is 437 cm³/mol. The molecular formula is C92H152NO8+. The van der Waals surface area contributed by atoms with Gasteiger partial charge < -0.3 is 28.5 Å². The van der Waals surface area contributed by atoms with Crippen LogP contribution in [-0.2, 0) is 33.3 Å². The molecule has 101 heavy (non-hydrogen) atoms. The Morgan fingerprint density at radius 3 is 0.792 bits per heavy atom. The van der Waals surface area contributed by atoms with Gasteiger partial charge in [-0.1, -0.05) is 357 Å². The fourth-order valence-electron chi connectivity index (χ4n) is 11.0. The molecule has 0 fully saturated rings. The molecule has 0 aromatic carbocycles. The molecule has 0 saturated carbocycles. The van der Waals surface area contributed by atoms with Gasteiger partial charge in [0, 0.05) is 12.8 Å². The van der Waals surface area contributed by atoms with Crippen LogP contribution in [0.3, 0.4) is 0 Å². The Kier molecular flexibility index (Phi) is 75.6. The smallest absolute Gasteiger partial charge is 0.361 e. The lowest BCUT2D eigenvalue weighted by Gasteiger charge is -2.25. The minimum absolute atomic E-state index is 0.176. The SMILES string of the molecule is CC/C=C\C/C=C\C/C=C\C/C=C\C/C=C\C/C=C\C/C=C\C/C=C\C/C=C\C/C=C\C/C=C\CCCCCCCC(=O)OC(COC(=O)CCCCCCCCCCCCCCCCCCCCCCCCCC/C=C\C/C=C\C/C=C\C/C=C\CC)COC(OCC[N+](C)(C)C)C(=O)O. The third kappa shape index (κ3) is 81.6. The zero-order valence-electron chi connectivity index (χ0n) is 65.5. The number of hydrogen-bond acceptors (Lipinski definition) is 7. The molecule has 0 rings (SSSR count). The van der Waals surface area contributed by atoms with Crippen LogP contribution < -0.4 is 0 Å². The standard InChI is InChI=1S/C92H151NO8/c1-6-8-10-12-14-16-18-20-22-24-26-28-30-32-34-36-38-40-42-44-45-47-49-51-53-55-57-59-61-63-65-67-69-71-73-75-77-79-81-83-90(95)101-88(87-100-92(91(96)97)98-85-84-93(3,4)5)86-99-89(94)82-80-78-76-74-72-70-68-66-64-62-60-58-56-54-52-50-48-46-43-41-39-37-35-33-31-29-27-25-23-21-19-17-15-13-11-9-7-2/h8-11,14-17,20-23,26-29,32,34,38,40,44-45,49,51,55,57,61,63,67,69,88,92H,6-7,12-13,18-19,24-25,30-31,33,35-37,39,41-43,46-48,50,52-54,56,58-60,62,64-66,68,70-87H2,1-5H3/p+1/b10-8-,11-9-,16-14-,17-15-,22-20-,23-21-,28-26-,29-27-,34-32-,40-38-,45-44-,51-49-,57-55-,63-61-,69-67-. The van der Waals surface area contributed by atoms with Crippen molar-refractivity contribution in [2.24, 2.45) is 0 Å². The van der Waals surface area contributed by atoms with Crippen LogP contribution >= 0.6 is 0 Å². The predicted octanol–water partition coefficient (Wildman–Crippen LogP) is 26.7. The fraction of sp³-hybridized carbons (Fsp3) is 0.641. The maximum Gasteiger partial charge on any atom is 0.361 e. The first kappa shape index (κ1) is 95.4. The van der Waals surface area contributed by atoms with Gasteiger partial charge in [0.2, 0.25) is 0 Å². The van der Waals surface area contributed by atoms with E-state index in [4.69, 9.17) is 18.9 Å². The first-order chi connectivity index (χ1) is 49.6. The van der Waals surface area contributed by atoms with Gasteiger partial charge in [-0.25, -0.2) is 4.79 Å². The van der Waals surface area contributed by atoms with Gasteiger partial charge in [0.1, 0.15) is 13.2 Å². The number of carboxylic acid groups (broad SMARTS) is 1. The zero-order valence-corrected chi connectivity index (χ0v) is 65.5. The lowest BCUT2D eigenvalue weighted by atomic mass is 10.0. The molecule has 9 nitrogen and oxygen atoms in total. The van der Waals surface area contributed by atoms with Crippen molar-refractivity contribution < 1.29 is 42.9 Å². The van der Waals surface area contributed by atoms with Crippen LogP contribution in [0, 0.1) is 0 Å². The quantitative estimate of drug-likeness (QED) is 0.0211. The van der Waals surface area contributed by atoms with Gasteiger partial charge in [0.15, 0.2) is 6.10 Å². The summed E-state index contributed by atoms with van der Waals surface area (Å²) in [5, 5.41) is 9.78. The van der Waals surface area contributed by atoms with Crippen LogP contribution in [0.25, 0.3) is 0 Å². The Labute approximate surface area is 621 Å². The highest BCUT2D eigenvalue weighted by Crippen LogP contribution is 2.18. The number of ether oxygens (including phenoxy) is 4. The molecule has 1 N–H and O–H groups in total. The van der Waals surface area contributed by atoms with Gasteiger partial charge in [-0.3, -0.25) is 9.59 Å². The van der Waals surface area contributed by atoms with Crippen molar-refractivity contribution in [3.8, 4) is 0 Å². The molecule has 2 atom stereocenters. The summed E-state index contributed by atoms with van der Waals surface area (Å²) in [6.07, 6.45) is 119. The Bertz CT molecular complexity index is 2330. The van der Waals surface area contributed by atoms with E-state index in [1.165, 1.54) is 141 Å². The second-order valence-electron chi connectivity index (χ2n) is 28.0. The molecule has 9 heteroatoms. The summed E-state index contributed by atoms with van der Waals surface area (Å²) in [6.45, 7) is 4.64. The average Bonchev–Trinajstić information content (AvgIpc) is 1.21. The van der Waals surface area contributed by atoms with E-state index in [9.17, 15) is 19.5 Å². The zero-order chi connectivity index (χ0) is 73.2. The van der Waals surface area contributed by atoms with Crippen molar-refractivity contribution in [2.45, 2.75) is 334 Å². The van der Waals surface area contributed by atoms with E-state index in [2.05, 4.69) is 196 Å². The van der Waals surface area contributed by atoms with Crippen molar-refractivity contribution in [1.29, 1.82) is 0 Å². The van der Waals surface area contributed by atoms with Crippen LogP contribution in [0.4, 0.5) is 0 Å². The number of hydrogen-bond donors (Lipinski definition) is 1. The summed E-state index contributed by atoms with van der Waals surface area (Å²) in [5.74, 6) is -2.03. The number of esters is 2. The van der Waals surface area contributed by atoms with Gasteiger partial charge in [-0.2, -0.15) is 0 Å².